The lowest BCUT2D eigenvalue weighted by Gasteiger charge is -2.32. The Morgan fingerprint density at radius 2 is 1.86 bits per heavy atom. The van der Waals surface area contributed by atoms with Crippen LogP contribution in [-0.4, -0.2) is 60.0 Å². The van der Waals surface area contributed by atoms with Crippen LogP contribution >= 0.6 is 0 Å². The summed E-state index contributed by atoms with van der Waals surface area (Å²) in [5.74, 6) is -0.555. The number of hydrogen-bond acceptors (Lipinski definition) is 11. The molecule has 16 heteroatoms. The molecule has 6 rings (SSSR count). The summed E-state index contributed by atoms with van der Waals surface area (Å²) in [6, 6.07) is 8.97. The molecule has 3 heterocycles. The van der Waals surface area contributed by atoms with E-state index >= 15 is 4.39 Å². The number of ether oxygens (including phenoxy) is 4. The van der Waals surface area contributed by atoms with Gasteiger partial charge in [0, 0.05) is 42.0 Å². The number of aromatic nitrogens is 4. The molecule has 0 N–H and O–H groups in total. The summed E-state index contributed by atoms with van der Waals surface area (Å²) in [4.78, 5) is 19.1. The van der Waals surface area contributed by atoms with Gasteiger partial charge in [0.1, 0.15) is 46.2 Å². The number of benzene rings is 2. The highest BCUT2D eigenvalue weighted by Crippen LogP contribution is 2.41. The second-order valence-electron chi connectivity index (χ2n) is 12.3. The lowest BCUT2D eigenvalue weighted by atomic mass is 9.82. The summed E-state index contributed by atoms with van der Waals surface area (Å²) in [5, 5.41) is 16.4. The van der Waals surface area contributed by atoms with Crippen molar-refractivity contribution in [2.45, 2.75) is 81.6 Å². The summed E-state index contributed by atoms with van der Waals surface area (Å²) < 4.78 is 70.3. The molecule has 1 saturated carbocycles. The minimum Gasteiger partial charge on any atom is -0.497 e. The molecule has 1 aliphatic heterocycles. The lowest BCUT2D eigenvalue weighted by molar-refractivity contribution is -0.391. The Morgan fingerprint density at radius 3 is 2.56 bits per heavy atom. The maximum Gasteiger partial charge on any atom is 0.393 e. The molecule has 3 atom stereocenters. The van der Waals surface area contributed by atoms with E-state index in [4.69, 9.17) is 18.9 Å². The minimum atomic E-state index is -4.55. The van der Waals surface area contributed by atoms with E-state index in [0.717, 1.165) is 30.0 Å². The van der Waals surface area contributed by atoms with Gasteiger partial charge in [0.25, 0.3) is 10.0 Å². The number of methoxy groups -OCH3 is 2. The van der Waals surface area contributed by atoms with Crippen LogP contribution in [0.25, 0.3) is 0 Å². The SMILES string of the molecule is COc1ccc(CN(c2ccncn2)S(=O)(=O)c2ccc(O[C@H]3CCCC[C@@H]3c3cn(C4CCCCO4)nc3[N+](=O)[O-])c(C)c2F)c(OC)c1. The standard InChI is InChI=1S/C34H39FN6O8S/c1-22-27(49-28-9-5-4-8-25(28)26-20-39(38-34(26)41(42)43)32-10-6-7-17-48-32)13-14-30(33(22)35)50(44,45)40(31-15-16-36-21-37-31)19-23-11-12-24(46-2)18-29(23)47-3/h11-16,18,20-21,25,28,32H,4-10,17,19H2,1-3H3/t25-,28+,32?/m1/s1. The Morgan fingerprint density at radius 1 is 1.06 bits per heavy atom. The molecular formula is C34H39FN6O8S. The average molecular weight is 711 g/mol. The first-order valence-electron chi connectivity index (χ1n) is 16.4. The predicted molar refractivity (Wildman–Crippen MR) is 179 cm³/mol. The first-order chi connectivity index (χ1) is 24.1. The first-order valence-corrected chi connectivity index (χ1v) is 17.9. The van der Waals surface area contributed by atoms with Crippen LogP contribution in [0.4, 0.5) is 16.0 Å². The van der Waals surface area contributed by atoms with Gasteiger partial charge in [-0.2, -0.15) is 4.68 Å². The largest absolute Gasteiger partial charge is 0.497 e. The molecule has 0 spiro atoms. The number of anilines is 1. The van der Waals surface area contributed by atoms with Gasteiger partial charge in [0.2, 0.25) is 0 Å². The third-order valence-electron chi connectivity index (χ3n) is 9.24. The molecule has 2 fully saturated rings. The zero-order valence-corrected chi connectivity index (χ0v) is 28.8. The van der Waals surface area contributed by atoms with Crippen LogP contribution in [0.3, 0.4) is 0 Å². The van der Waals surface area contributed by atoms with E-state index in [2.05, 4.69) is 15.1 Å². The average Bonchev–Trinajstić information content (AvgIpc) is 3.59. The molecule has 266 valence electrons. The van der Waals surface area contributed by atoms with E-state index in [1.54, 1.807) is 24.4 Å². The smallest absolute Gasteiger partial charge is 0.393 e. The van der Waals surface area contributed by atoms with Crippen molar-refractivity contribution in [2.75, 3.05) is 25.1 Å². The summed E-state index contributed by atoms with van der Waals surface area (Å²) in [5.41, 5.74) is 0.921. The second kappa shape index (κ2) is 15.0. The van der Waals surface area contributed by atoms with E-state index < -0.39 is 31.8 Å². The van der Waals surface area contributed by atoms with Crippen molar-refractivity contribution in [1.82, 2.24) is 19.7 Å². The highest BCUT2D eigenvalue weighted by Gasteiger charge is 2.38. The number of rotatable bonds is 12. The van der Waals surface area contributed by atoms with E-state index in [9.17, 15) is 18.5 Å². The topological polar surface area (TPSA) is 161 Å². The number of nitrogens with zero attached hydrogens (tertiary/aromatic N) is 6. The normalized spacial score (nSPS) is 19.5. The zero-order valence-electron chi connectivity index (χ0n) is 28.0. The highest BCUT2D eigenvalue weighted by atomic mass is 32.2. The van der Waals surface area contributed by atoms with Crippen LogP contribution in [0.1, 0.15) is 73.8 Å². The molecule has 50 heavy (non-hydrogen) atoms. The highest BCUT2D eigenvalue weighted by molar-refractivity contribution is 7.92. The van der Waals surface area contributed by atoms with Crippen molar-refractivity contribution < 1.29 is 36.7 Å². The maximum absolute atomic E-state index is 16.3. The van der Waals surface area contributed by atoms with Gasteiger partial charge >= 0.3 is 5.82 Å². The molecule has 1 aliphatic carbocycles. The van der Waals surface area contributed by atoms with Gasteiger partial charge in [-0.15, -0.1) is 0 Å². The van der Waals surface area contributed by atoms with Gasteiger partial charge in [0.15, 0.2) is 6.23 Å². The summed E-state index contributed by atoms with van der Waals surface area (Å²) in [6.45, 7) is 1.78. The van der Waals surface area contributed by atoms with Crippen molar-refractivity contribution in [2.24, 2.45) is 0 Å². The van der Waals surface area contributed by atoms with Crippen molar-refractivity contribution in [3.8, 4) is 17.2 Å². The Balaban J connectivity index is 1.31. The number of hydrogen-bond donors (Lipinski definition) is 0. The van der Waals surface area contributed by atoms with E-state index in [-0.39, 0.29) is 41.6 Å². The quantitative estimate of drug-likeness (QED) is 0.121. The van der Waals surface area contributed by atoms with E-state index in [1.807, 2.05) is 0 Å². The summed E-state index contributed by atoms with van der Waals surface area (Å²) >= 11 is 0. The number of sulfonamides is 1. The van der Waals surface area contributed by atoms with Crippen LogP contribution in [0, 0.1) is 22.9 Å². The molecular weight excluding hydrogens is 671 g/mol. The molecule has 1 saturated heterocycles. The van der Waals surface area contributed by atoms with Crippen LogP contribution in [0.5, 0.6) is 17.2 Å². The molecule has 0 radical (unpaired) electrons. The molecule has 14 nitrogen and oxygen atoms in total. The number of halogens is 1. The minimum absolute atomic E-state index is 0.0131. The van der Waals surface area contributed by atoms with Gasteiger partial charge < -0.3 is 29.1 Å². The maximum atomic E-state index is 16.3. The predicted octanol–water partition coefficient (Wildman–Crippen LogP) is 6.25. The fourth-order valence-corrected chi connectivity index (χ4v) is 8.10. The molecule has 0 bridgehead atoms. The Hall–Kier alpha value is -4.83. The molecule has 4 aromatic rings. The van der Waals surface area contributed by atoms with Crippen molar-refractivity contribution in [3.63, 3.8) is 0 Å². The van der Waals surface area contributed by atoms with Gasteiger partial charge in [-0.1, -0.05) is 6.42 Å². The monoisotopic (exact) mass is 710 g/mol. The van der Waals surface area contributed by atoms with Crippen LogP contribution in [0.2, 0.25) is 0 Å². The van der Waals surface area contributed by atoms with E-state index in [1.165, 1.54) is 56.5 Å². The number of nitro groups is 1. The molecule has 2 aromatic heterocycles. The van der Waals surface area contributed by atoms with E-state index in [0.29, 0.717) is 48.5 Å². The summed E-state index contributed by atoms with van der Waals surface area (Å²) in [7, 11) is -1.59. The zero-order chi connectivity index (χ0) is 35.4. The van der Waals surface area contributed by atoms with Crippen molar-refractivity contribution in [1.29, 1.82) is 0 Å². The molecule has 0 amide bonds. The van der Waals surface area contributed by atoms with Gasteiger partial charge in [0.05, 0.1) is 37.6 Å². The van der Waals surface area contributed by atoms with Gasteiger partial charge in [-0.3, -0.25) is 0 Å². The first kappa shape index (κ1) is 35.0. The van der Waals surface area contributed by atoms with Crippen LogP contribution < -0.4 is 18.5 Å². The van der Waals surface area contributed by atoms with Gasteiger partial charge in [-0.25, -0.2) is 27.1 Å². The Kier molecular flexibility index (Phi) is 10.5. The van der Waals surface area contributed by atoms with Crippen LogP contribution in [0.15, 0.2) is 60.0 Å². The summed E-state index contributed by atoms with van der Waals surface area (Å²) in [6.07, 6.45) is 8.76. The Bertz CT molecular complexity index is 1940. The molecule has 2 aromatic carbocycles. The third kappa shape index (κ3) is 7.07. The lowest BCUT2D eigenvalue weighted by Crippen LogP contribution is -2.32. The third-order valence-corrected chi connectivity index (χ3v) is 11.0. The fraction of sp³-hybridized carbons (Fsp3) is 0.441. The van der Waals surface area contributed by atoms with Crippen LogP contribution in [-0.2, 0) is 21.3 Å². The van der Waals surface area contributed by atoms with Crippen molar-refractivity contribution in [3.05, 3.63) is 87.7 Å². The Labute approximate surface area is 289 Å². The fourth-order valence-electron chi connectivity index (χ4n) is 6.58. The van der Waals surface area contributed by atoms with Crippen molar-refractivity contribution >= 4 is 21.7 Å². The molecule has 2 aliphatic rings. The van der Waals surface area contributed by atoms with Gasteiger partial charge in [-0.05, 0) is 74.6 Å². The second-order valence-corrected chi connectivity index (χ2v) is 14.1. The molecule has 1 unspecified atom stereocenters.